The standard InChI is InChI=1S/C16H14Br2O/c1-3-11-6-4-5-7-12(11)16(19)13-9-14(17)10(2)8-15(13)18/h4-9H,3H2,1-2H3. The molecule has 0 saturated heterocycles. The van der Waals surface area contributed by atoms with Gasteiger partial charge in [-0.2, -0.15) is 0 Å². The van der Waals surface area contributed by atoms with Crippen molar-refractivity contribution in [3.05, 3.63) is 67.6 Å². The molecule has 0 aliphatic rings. The van der Waals surface area contributed by atoms with E-state index in [2.05, 4.69) is 38.8 Å². The highest BCUT2D eigenvalue weighted by Gasteiger charge is 2.16. The smallest absolute Gasteiger partial charge is 0.194 e. The first kappa shape index (κ1) is 14.5. The molecule has 0 atom stereocenters. The molecule has 98 valence electrons. The maximum absolute atomic E-state index is 12.7. The molecule has 0 aromatic heterocycles. The fraction of sp³-hybridized carbons (Fsp3) is 0.188. The Morgan fingerprint density at radius 1 is 1.05 bits per heavy atom. The second-order valence-corrected chi connectivity index (χ2v) is 6.13. The predicted molar refractivity (Wildman–Crippen MR) is 85.8 cm³/mol. The molecule has 0 fully saturated rings. The Labute approximate surface area is 130 Å². The van der Waals surface area contributed by atoms with Crippen molar-refractivity contribution in [2.45, 2.75) is 20.3 Å². The number of benzene rings is 2. The van der Waals surface area contributed by atoms with Crippen LogP contribution in [-0.2, 0) is 6.42 Å². The molecule has 0 heterocycles. The van der Waals surface area contributed by atoms with Crippen LogP contribution in [0.25, 0.3) is 0 Å². The van der Waals surface area contributed by atoms with Gasteiger partial charge in [0.05, 0.1) is 0 Å². The fourth-order valence-electron chi connectivity index (χ4n) is 2.02. The topological polar surface area (TPSA) is 17.1 Å². The van der Waals surface area contributed by atoms with E-state index in [1.165, 1.54) is 0 Å². The monoisotopic (exact) mass is 380 g/mol. The summed E-state index contributed by atoms with van der Waals surface area (Å²) in [4.78, 5) is 12.7. The second-order valence-electron chi connectivity index (χ2n) is 4.42. The Kier molecular flexibility index (Phi) is 4.58. The SMILES string of the molecule is CCc1ccccc1C(=O)c1cc(Br)c(C)cc1Br. The Hall–Kier alpha value is -0.930. The lowest BCUT2D eigenvalue weighted by Crippen LogP contribution is -2.06. The summed E-state index contributed by atoms with van der Waals surface area (Å²) in [6.45, 7) is 4.06. The van der Waals surface area contributed by atoms with Gasteiger partial charge in [-0.1, -0.05) is 63.0 Å². The zero-order valence-electron chi connectivity index (χ0n) is 10.8. The molecule has 2 aromatic carbocycles. The first-order chi connectivity index (χ1) is 9.04. The number of halogens is 2. The summed E-state index contributed by atoms with van der Waals surface area (Å²) in [5, 5.41) is 0. The third-order valence-corrected chi connectivity index (χ3v) is 4.65. The quantitative estimate of drug-likeness (QED) is 0.658. The number of ketones is 1. The van der Waals surface area contributed by atoms with E-state index in [0.29, 0.717) is 5.56 Å². The van der Waals surface area contributed by atoms with E-state index in [0.717, 1.165) is 32.1 Å². The zero-order valence-corrected chi connectivity index (χ0v) is 14.0. The largest absolute Gasteiger partial charge is 0.289 e. The summed E-state index contributed by atoms with van der Waals surface area (Å²) in [7, 11) is 0. The molecule has 0 N–H and O–H groups in total. The molecule has 0 radical (unpaired) electrons. The Balaban J connectivity index is 2.53. The van der Waals surface area contributed by atoms with E-state index < -0.39 is 0 Å². The van der Waals surface area contributed by atoms with E-state index in [4.69, 9.17) is 0 Å². The van der Waals surface area contributed by atoms with Gasteiger partial charge in [0.2, 0.25) is 0 Å². The van der Waals surface area contributed by atoms with E-state index in [1.807, 2.05) is 43.3 Å². The molecule has 2 rings (SSSR count). The minimum atomic E-state index is 0.0602. The average molecular weight is 382 g/mol. The van der Waals surface area contributed by atoms with Crippen LogP contribution in [-0.4, -0.2) is 5.78 Å². The van der Waals surface area contributed by atoms with E-state index in [1.54, 1.807) is 0 Å². The molecule has 2 aromatic rings. The van der Waals surface area contributed by atoms with Crippen LogP contribution in [0.2, 0.25) is 0 Å². The number of carbonyl (C=O) groups excluding carboxylic acids is 1. The van der Waals surface area contributed by atoms with Crippen molar-refractivity contribution >= 4 is 37.6 Å². The highest BCUT2D eigenvalue weighted by atomic mass is 79.9. The lowest BCUT2D eigenvalue weighted by atomic mass is 9.96. The molecule has 0 aliphatic carbocycles. The molecule has 1 nitrogen and oxygen atoms in total. The molecule has 0 unspecified atom stereocenters. The van der Waals surface area contributed by atoms with E-state index in [9.17, 15) is 4.79 Å². The number of hydrogen-bond acceptors (Lipinski definition) is 1. The highest BCUT2D eigenvalue weighted by Crippen LogP contribution is 2.28. The maximum atomic E-state index is 12.7. The van der Waals surface area contributed by atoms with Crippen molar-refractivity contribution in [1.29, 1.82) is 0 Å². The fourth-order valence-corrected chi connectivity index (χ4v) is 3.00. The van der Waals surface area contributed by atoms with Gasteiger partial charge in [-0.3, -0.25) is 4.79 Å². The van der Waals surface area contributed by atoms with Crippen molar-refractivity contribution in [3.8, 4) is 0 Å². The number of aryl methyl sites for hydroxylation is 2. The van der Waals surface area contributed by atoms with Crippen LogP contribution in [0.4, 0.5) is 0 Å². The van der Waals surface area contributed by atoms with Crippen molar-refractivity contribution < 1.29 is 4.79 Å². The molecule has 0 bridgehead atoms. The Morgan fingerprint density at radius 3 is 2.42 bits per heavy atom. The maximum Gasteiger partial charge on any atom is 0.194 e. The lowest BCUT2D eigenvalue weighted by molar-refractivity contribution is 0.103. The molecule has 0 saturated carbocycles. The van der Waals surface area contributed by atoms with E-state index >= 15 is 0 Å². The van der Waals surface area contributed by atoms with Gasteiger partial charge in [-0.25, -0.2) is 0 Å². The van der Waals surface area contributed by atoms with Crippen molar-refractivity contribution in [1.82, 2.24) is 0 Å². The lowest BCUT2D eigenvalue weighted by Gasteiger charge is -2.10. The second kappa shape index (κ2) is 6.02. The number of hydrogen-bond donors (Lipinski definition) is 0. The molecule has 0 aliphatic heterocycles. The van der Waals surface area contributed by atoms with Crippen LogP contribution in [0.3, 0.4) is 0 Å². The molecule has 3 heteroatoms. The van der Waals surface area contributed by atoms with Crippen LogP contribution in [0.1, 0.15) is 34.0 Å². The minimum absolute atomic E-state index is 0.0602. The minimum Gasteiger partial charge on any atom is -0.289 e. The van der Waals surface area contributed by atoms with Gasteiger partial charge in [-0.05, 0) is 36.6 Å². The van der Waals surface area contributed by atoms with Gasteiger partial charge in [0.15, 0.2) is 5.78 Å². The van der Waals surface area contributed by atoms with Crippen LogP contribution >= 0.6 is 31.9 Å². The number of carbonyl (C=O) groups is 1. The zero-order chi connectivity index (χ0) is 14.0. The van der Waals surface area contributed by atoms with Gasteiger partial charge in [-0.15, -0.1) is 0 Å². The summed E-state index contributed by atoms with van der Waals surface area (Å²) in [5.41, 5.74) is 3.66. The Bertz CT molecular complexity index is 633. The molecule has 19 heavy (non-hydrogen) atoms. The summed E-state index contributed by atoms with van der Waals surface area (Å²) in [6.07, 6.45) is 0.854. The molecule has 0 spiro atoms. The molecule has 0 amide bonds. The summed E-state index contributed by atoms with van der Waals surface area (Å²) >= 11 is 6.97. The van der Waals surface area contributed by atoms with Crippen LogP contribution in [0.15, 0.2) is 45.3 Å². The van der Waals surface area contributed by atoms with Gasteiger partial charge >= 0.3 is 0 Å². The predicted octanol–water partition coefficient (Wildman–Crippen LogP) is 5.31. The van der Waals surface area contributed by atoms with Gasteiger partial charge < -0.3 is 0 Å². The number of rotatable bonds is 3. The van der Waals surface area contributed by atoms with Gasteiger partial charge in [0, 0.05) is 20.1 Å². The van der Waals surface area contributed by atoms with Crippen molar-refractivity contribution in [3.63, 3.8) is 0 Å². The third-order valence-electron chi connectivity index (χ3n) is 3.14. The summed E-state index contributed by atoms with van der Waals surface area (Å²) < 4.78 is 1.79. The van der Waals surface area contributed by atoms with Gasteiger partial charge in [0.1, 0.15) is 0 Å². The van der Waals surface area contributed by atoms with Crippen LogP contribution in [0, 0.1) is 6.92 Å². The average Bonchev–Trinajstić information content (AvgIpc) is 2.42. The first-order valence-electron chi connectivity index (χ1n) is 6.12. The third kappa shape index (κ3) is 2.98. The molecular weight excluding hydrogens is 368 g/mol. The van der Waals surface area contributed by atoms with Crippen LogP contribution < -0.4 is 0 Å². The Morgan fingerprint density at radius 2 is 1.74 bits per heavy atom. The van der Waals surface area contributed by atoms with Crippen molar-refractivity contribution in [2.75, 3.05) is 0 Å². The first-order valence-corrected chi connectivity index (χ1v) is 7.71. The molecular formula is C16H14Br2O. The summed E-state index contributed by atoms with van der Waals surface area (Å²) in [6, 6.07) is 11.6. The highest BCUT2D eigenvalue weighted by molar-refractivity contribution is 9.11. The van der Waals surface area contributed by atoms with Crippen LogP contribution in [0.5, 0.6) is 0 Å². The normalized spacial score (nSPS) is 10.5. The summed E-state index contributed by atoms with van der Waals surface area (Å²) in [5.74, 6) is 0.0602. The van der Waals surface area contributed by atoms with Gasteiger partial charge in [0.25, 0.3) is 0 Å². The van der Waals surface area contributed by atoms with E-state index in [-0.39, 0.29) is 5.78 Å². The van der Waals surface area contributed by atoms with Crippen molar-refractivity contribution in [2.24, 2.45) is 0 Å².